The van der Waals surface area contributed by atoms with Crippen molar-refractivity contribution in [3.8, 4) is 0 Å². The molecule has 1 aromatic rings. The van der Waals surface area contributed by atoms with Crippen molar-refractivity contribution >= 4 is 28.9 Å². The molecule has 1 aromatic carbocycles. The number of rotatable bonds is 2. The molecular weight excluding hydrogens is 218 g/mol. The summed E-state index contributed by atoms with van der Waals surface area (Å²) in [4.78, 5) is 25.5. The van der Waals surface area contributed by atoms with Crippen LogP contribution in [0, 0.1) is 0 Å². The average molecular weight is 235 g/mol. The van der Waals surface area contributed by atoms with Gasteiger partial charge in [-0.2, -0.15) is 0 Å². The summed E-state index contributed by atoms with van der Waals surface area (Å²) < 4.78 is 0. The van der Waals surface area contributed by atoms with E-state index in [-0.39, 0.29) is 11.8 Å². The molecule has 5 nitrogen and oxygen atoms in total. The van der Waals surface area contributed by atoms with E-state index in [1.807, 2.05) is 0 Å². The molecular formula is C12H17N3O2. The Morgan fingerprint density at radius 1 is 0.941 bits per heavy atom. The fourth-order valence-electron chi connectivity index (χ4n) is 1.37. The number of nitrogens with zero attached hydrogens (tertiary/aromatic N) is 2. The van der Waals surface area contributed by atoms with E-state index in [0.717, 1.165) is 0 Å². The van der Waals surface area contributed by atoms with E-state index >= 15 is 0 Å². The zero-order valence-electron chi connectivity index (χ0n) is 10.5. The second-order valence-corrected chi connectivity index (χ2v) is 3.94. The Kier molecular flexibility index (Phi) is 3.73. The van der Waals surface area contributed by atoms with Crippen LogP contribution in [-0.4, -0.2) is 25.9 Å². The van der Waals surface area contributed by atoms with Crippen LogP contribution in [0.15, 0.2) is 18.2 Å². The molecule has 0 aliphatic carbocycles. The van der Waals surface area contributed by atoms with Crippen molar-refractivity contribution in [3.05, 3.63) is 18.2 Å². The van der Waals surface area contributed by atoms with Crippen molar-refractivity contribution in [2.75, 3.05) is 29.6 Å². The highest BCUT2D eigenvalue weighted by atomic mass is 16.2. The summed E-state index contributed by atoms with van der Waals surface area (Å²) in [5, 5.41) is 0. The first-order valence-electron chi connectivity index (χ1n) is 5.22. The molecule has 17 heavy (non-hydrogen) atoms. The Balaban J connectivity index is 3.19. The van der Waals surface area contributed by atoms with E-state index in [4.69, 9.17) is 5.73 Å². The molecule has 0 aliphatic heterocycles. The molecule has 0 aromatic heterocycles. The summed E-state index contributed by atoms with van der Waals surface area (Å²) in [7, 11) is 3.32. The van der Waals surface area contributed by atoms with Gasteiger partial charge in [0.05, 0.1) is 0 Å². The third-order valence-electron chi connectivity index (χ3n) is 2.64. The van der Waals surface area contributed by atoms with Crippen LogP contribution in [0.4, 0.5) is 17.1 Å². The molecule has 5 heteroatoms. The number of nitrogens with two attached hydrogens (primary N) is 1. The number of hydrogen-bond donors (Lipinski definition) is 1. The van der Waals surface area contributed by atoms with Gasteiger partial charge in [-0.3, -0.25) is 9.59 Å². The van der Waals surface area contributed by atoms with Crippen LogP contribution >= 0.6 is 0 Å². The summed E-state index contributed by atoms with van der Waals surface area (Å²) in [5.41, 5.74) is 7.61. The first kappa shape index (κ1) is 13.0. The number of anilines is 3. The molecule has 92 valence electrons. The van der Waals surface area contributed by atoms with E-state index < -0.39 is 0 Å². The lowest BCUT2D eigenvalue weighted by molar-refractivity contribution is -0.117. The Bertz CT molecular complexity index is 419. The van der Waals surface area contributed by atoms with E-state index in [1.165, 1.54) is 23.6 Å². The van der Waals surface area contributed by atoms with Crippen molar-refractivity contribution in [2.45, 2.75) is 13.8 Å². The van der Waals surface area contributed by atoms with Gasteiger partial charge < -0.3 is 15.5 Å². The van der Waals surface area contributed by atoms with Gasteiger partial charge in [-0.05, 0) is 18.2 Å². The second kappa shape index (κ2) is 4.86. The van der Waals surface area contributed by atoms with E-state index in [9.17, 15) is 9.59 Å². The van der Waals surface area contributed by atoms with Crippen LogP contribution in [0.2, 0.25) is 0 Å². The maximum atomic E-state index is 11.3. The highest BCUT2D eigenvalue weighted by Gasteiger charge is 2.11. The Morgan fingerprint density at radius 3 is 1.59 bits per heavy atom. The number of hydrogen-bond acceptors (Lipinski definition) is 3. The summed E-state index contributed by atoms with van der Waals surface area (Å²) in [6, 6.07) is 5.14. The van der Waals surface area contributed by atoms with Crippen molar-refractivity contribution in [3.63, 3.8) is 0 Å². The number of carbonyl (C=O) groups excluding carboxylic acids is 2. The van der Waals surface area contributed by atoms with Crippen molar-refractivity contribution in [1.29, 1.82) is 0 Å². The van der Waals surface area contributed by atoms with Gasteiger partial charge >= 0.3 is 0 Å². The van der Waals surface area contributed by atoms with E-state index in [0.29, 0.717) is 17.1 Å². The minimum atomic E-state index is -0.0907. The topological polar surface area (TPSA) is 66.6 Å². The molecule has 0 radical (unpaired) electrons. The van der Waals surface area contributed by atoms with Crippen LogP contribution in [0.25, 0.3) is 0 Å². The Labute approximate surface area is 101 Å². The van der Waals surface area contributed by atoms with Gasteiger partial charge in [0.2, 0.25) is 11.8 Å². The molecule has 0 heterocycles. The fourth-order valence-corrected chi connectivity index (χ4v) is 1.37. The van der Waals surface area contributed by atoms with Gasteiger partial charge in [-0.25, -0.2) is 0 Å². The van der Waals surface area contributed by atoms with Crippen LogP contribution in [0.3, 0.4) is 0 Å². The first-order valence-corrected chi connectivity index (χ1v) is 5.22. The zero-order chi connectivity index (χ0) is 13.2. The summed E-state index contributed by atoms with van der Waals surface area (Å²) in [6.45, 7) is 2.94. The number of nitrogen functional groups attached to an aromatic ring is 1. The minimum Gasteiger partial charge on any atom is -0.399 e. The maximum absolute atomic E-state index is 11.3. The molecule has 2 amide bonds. The van der Waals surface area contributed by atoms with Crippen LogP contribution < -0.4 is 15.5 Å². The summed E-state index contributed by atoms with van der Waals surface area (Å²) in [6.07, 6.45) is 0. The smallest absolute Gasteiger partial charge is 0.223 e. The lowest BCUT2D eigenvalue weighted by Gasteiger charge is -2.20. The Hall–Kier alpha value is -2.04. The molecule has 1 rings (SSSR count). The number of amides is 2. The predicted molar refractivity (Wildman–Crippen MR) is 69.0 cm³/mol. The molecule has 0 fully saturated rings. The lowest BCUT2D eigenvalue weighted by atomic mass is 10.2. The molecule has 0 aliphatic rings. The third-order valence-corrected chi connectivity index (χ3v) is 2.64. The minimum absolute atomic E-state index is 0.0907. The lowest BCUT2D eigenvalue weighted by Crippen LogP contribution is -2.25. The largest absolute Gasteiger partial charge is 0.399 e. The molecule has 0 saturated carbocycles. The maximum Gasteiger partial charge on any atom is 0.223 e. The molecule has 0 spiro atoms. The molecule has 0 saturated heterocycles. The first-order chi connectivity index (χ1) is 7.82. The van der Waals surface area contributed by atoms with Gasteiger partial charge in [-0.1, -0.05) is 0 Å². The van der Waals surface area contributed by atoms with E-state index in [1.54, 1.807) is 32.3 Å². The Morgan fingerprint density at radius 2 is 1.29 bits per heavy atom. The van der Waals surface area contributed by atoms with Gasteiger partial charge in [0.1, 0.15) is 0 Å². The van der Waals surface area contributed by atoms with Crippen LogP contribution in [-0.2, 0) is 9.59 Å². The quantitative estimate of drug-likeness (QED) is 0.784. The van der Waals surface area contributed by atoms with Crippen molar-refractivity contribution in [1.82, 2.24) is 0 Å². The van der Waals surface area contributed by atoms with Crippen molar-refractivity contribution in [2.24, 2.45) is 0 Å². The van der Waals surface area contributed by atoms with Gasteiger partial charge in [0, 0.05) is 45.0 Å². The van der Waals surface area contributed by atoms with Gasteiger partial charge in [0.25, 0.3) is 0 Å². The highest BCUT2D eigenvalue weighted by Crippen LogP contribution is 2.25. The zero-order valence-corrected chi connectivity index (χ0v) is 10.5. The third kappa shape index (κ3) is 2.96. The predicted octanol–water partition coefficient (Wildman–Crippen LogP) is 1.23. The number of carbonyl (C=O) groups is 2. The molecule has 0 atom stereocenters. The molecule has 0 bridgehead atoms. The summed E-state index contributed by atoms with van der Waals surface area (Å²) in [5.74, 6) is -0.181. The summed E-state index contributed by atoms with van der Waals surface area (Å²) >= 11 is 0. The standard InChI is InChI=1S/C12H17N3O2/c1-8(16)14(3)11-5-10(13)6-12(7-11)15(4)9(2)17/h5-7H,13H2,1-4H3. The molecule has 2 N–H and O–H groups in total. The second-order valence-electron chi connectivity index (χ2n) is 3.94. The monoisotopic (exact) mass is 235 g/mol. The normalized spacial score (nSPS) is 9.88. The van der Waals surface area contributed by atoms with Gasteiger partial charge in [0.15, 0.2) is 0 Å². The van der Waals surface area contributed by atoms with Crippen LogP contribution in [0.1, 0.15) is 13.8 Å². The van der Waals surface area contributed by atoms with Crippen molar-refractivity contribution < 1.29 is 9.59 Å². The highest BCUT2D eigenvalue weighted by molar-refractivity contribution is 5.95. The SMILES string of the molecule is CC(=O)N(C)c1cc(N)cc(N(C)C(C)=O)c1. The van der Waals surface area contributed by atoms with E-state index in [2.05, 4.69) is 0 Å². The fraction of sp³-hybridized carbons (Fsp3) is 0.333. The molecule has 0 unspecified atom stereocenters. The average Bonchev–Trinajstić information content (AvgIpc) is 2.25. The number of benzene rings is 1. The van der Waals surface area contributed by atoms with Crippen LogP contribution in [0.5, 0.6) is 0 Å². The van der Waals surface area contributed by atoms with Gasteiger partial charge in [-0.15, -0.1) is 0 Å².